The predicted octanol–water partition coefficient (Wildman–Crippen LogP) is 1.66. The zero-order valence-electron chi connectivity index (χ0n) is 22.5. The van der Waals surface area contributed by atoms with Gasteiger partial charge in [0.15, 0.2) is 18.8 Å². The van der Waals surface area contributed by atoms with Crippen LogP contribution >= 0.6 is 0 Å². The molecule has 4 aromatic rings. The Morgan fingerprint density at radius 1 is 0.818 bits per heavy atom. The molecule has 1 aliphatic heterocycles. The van der Waals surface area contributed by atoms with E-state index < -0.39 is 66.3 Å². The Morgan fingerprint density at radius 3 is 2.14 bits per heavy atom. The minimum atomic E-state index is -1.93. The second-order valence-corrected chi connectivity index (χ2v) is 9.61. The molecule has 14 heteroatoms. The van der Waals surface area contributed by atoms with Crippen molar-refractivity contribution in [2.75, 3.05) is 6.79 Å². The van der Waals surface area contributed by atoms with Gasteiger partial charge in [-0.15, -0.1) is 0 Å². The van der Waals surface area contributed by atoms with Gasteiger partial charge in [0.2, 0.25) is 17.5 Å². The van der Waals surface area contributed by atoms with Crippen molar-refractivity contribution in [3.05, 3.63) is 82.5 Å². The van der Waals surface area contributed by atoms with Crippen LogP contribution in [-0.2, 0) is 19.0 Å². The Hall–Kier alpha value is -5.12. The van der Waals surface area contributed by atoms with E-state index in [4.69, 9.17) is 23.4 Å². The Labute approximate surface area is 247 Å². The Bertz CT molecular complexity index is 1730. The second-order valence-electron chi connectivity index (χ2n) is 9.61. The summed E-state index contributed by atoms with van der Waals surface area (Å²) in [5.74, 6) is -2.78. The van der Waals surface area contributed by atoms with Crippen molar-refractivity contribution in [2.45, 2.75) is 30.9 Å². The number of aliphatic hydroxyl groups is 3. The first-order valence-corrected chi connectivity index (χ1v) is 13.0. The zero-order chi connectivity index (χ0) is 31.5. The van der Waals surface area contributed by atoms with Crippen molar-refractivity contribution in [3.63, 3.8) is 0 Å². The van der Waals surface area contributed by atoms with Gasteiger partial charge in [-0.25, -0.2) is 4.79 Å². The number of carbonyl (C=O) groups is 1. The SMILES string of the molecule is O=C(C=Cc1ccc(O)cc1)OCO[C@@H]1O[C@H](Oc2c(-c3ccc(O)cc3)oc3cc(O)cc(O)c3c2=O)[C@@H](O)[C@H](O)[C@H]1O. The molecule has 1 aliphatic rings. The topological polar surface area (TPSA) is 226 Å². The molecule has 0 aliphatic carbocycles. The number of carbonyl (C=O) groups excluding carboxylic acids is 1. The molecule has 5 atom stereocenters. The minimum absolute atomic E-state index is 0.0512. The summed E-state index contributed by atoms with van der Waals surface area (Å²) in [4.78, 5) is 25.6. The van der Waals surface area contributed by atoms with Crippen molar-refractivity contribution < 1.29 is 63.9 Å². The molecule has 0 bridgehead atoms. The maximum Gasteiger partial charge on any atom is 0.332 e. The second kappa shape index (κ2) is 12.6. The fourth-order valence-corrected chi connectivity index (χ4v) is 4.30. The van der Waals surface area contributed by atoms with Gasteiger partial charge in [-0.2, -0.15) is 0 Å². The molecule has 5 rings (SSSR count). The maximum absolute atomic E-state index is 13.5. The van der Waals surface area contributed by atoms with Crippen LogP contribution in [0.25, 0.3) is 28.4 Å². The monoisotopic (exact) mass is 610 g/mol. The van der Waals surface area contributed by atoms with E-state index in [9.17, 15) is 45.3 Å². The number of rotatable bonds is 8. The molecule has 14 nitrogen and oxygen atoms in total. The van der Waals surface area contributed by atoms with Gasteiger partial charge in [0, 0.05) is 23.8 Å². The van der Waals surface area contributed by atoms with Crippen LogP contribution in [0, 0.1) is 0 Å². The molecule has 0 saturated carbocycles. The van der Waals surface area contributed by atoms with Crippen LogP contribution in [-0.4, -0.2) is 79.4 Å². The average Bonchev–Trinajstić information content (AvgIpc) is 2.99. The standard InChI is InChI=1S/C30H26O14/c31-16-6-1-14(2-7-16)3-10-21(35)40-13-41-29-25(38)24(37)26(39)30(44-29)43-28-23(36)22-19(34)11-18(33)12-20(22)42-27(28)15-4-8-17(32)9-5-15/h1-12,24-26,29-34,37-39H,13H2/t24-,25-,26+,29-,30+/m1/s1. The lowest BCUT2D eigenvalue weighted by Gasteiger charge is -2.39. The van der Waals surface area contributed by atoms with E-state index in [2.05, 4.69) is 0 Å². The molecule has 2 heterocycles. The van der Waals surface area contributed by atoms with Gasteiger partial charge in [-0.05, 0) is 48.0 Å². The van der Waals surface area contributed by atoms with Gasteiger partial charge in [-0.1, -0.05) is 12.1 Å². The van der Waals surface area contributed by atoms with Crippen molar-refractivity contribution in [1.29, 1.82) is 0 Å². The van der Waals surface area contributed by atoms with Crippen LogP contribution in [0.1, 0.15) is 5.56 Å². The molecule has 44 heavy (non-hydrogen) atoms. The molecule has 3 aromatic carbocycles. The van der Waals surface area contributed by atoms with E-state index in [0.717, 1.165) is 18.2 Å². The molecular formula is C30H26O14. The zero-order valence-corrected chi connectivity index (χ0v) is 22.5. The highest BCUT2D eigenvalue weighted by Gasteiger charge is 2.46. The summed E-state index contributed by atoms with van der Waals surface area (Å²) in [5.41, 5.74) is -0.370. The van der Waals surface area contributed by atoms with Crippen LogP contribution in [0.2, 0.25) is 0 Å². The average molecular weight is 611 g/mol. The molecule has 0 unspecified atom stereocenters. The lowest BCUT2D eigenvalue weighted by Crippen LogP contribution is -2.60. The number of phenolic OH excluding ortho intramolecular Hbond substituents is 4. The summed E-state index contributed by atoms with van der Waals surface area (Å²) < 4.78 is 27.1. The minimum Gasteiger partial charge on any atom is -0.508 e. The number of benzene rings is 3. The summed E-state index contributed by atoms with van der Waals surface area (Å²) in [6, 6.07) is 13.3. The van der Waals surface area contributed by atoms with Gasteiger partial charge < -0.3 is 59.1 Å². The molecule has 0 radical (unpaired) electrons. The fourth-order valence-electron chi connectivity index (χ4n) is 4.30. The molecular weight excluding hydrogens is 584 g/mol. The van der Waals surface area contributed by atoms with Gasteiger partial charge in [0.1, 0.15) is 52.3 Å². The third-order valence-corrected chi connectivity index (χ3v) is 6.55. The van der Waals surface area contributed by atoms with Gasteiger partial charge in [0.25, 0.3) is 0 Å². The third kappa shape index (κ3) is 6.44. The maximum atomic E-state index is 13.5. The third-order valence-electron chi connectivity index (χ3n) is 6.55. The first kappa shape index (κ1) is 30.3. The number of aromatic hydroxyl groups is 4. The Morgan fingerprint density at radius 2 is 1.45 bits per heavy atom. The van der Waals surface area contributed by atoms with E-state index in [0.29, 0.717) is 5.56 Å². The predicted molar refractivity (Wildman–Crippen MR) is 149 cm³/mol. The van der Waals surface area contributed by atoms with E-state index in [1.807, 2.05) is 0 Å². The van der Waals surface area contributed by atoms with E-state index in [1.54, 1.807) is 12.1 Å². The number of hydrogen-bond donors (Lipinski definition) is 7. The van der Waals surface area contributed by atoms with E-state index >= 15 is 0 Å². The lowest BCUT2D eigenvalue weighted by atomic mass is 10.0. The van der Waals surface area contributed by atoms with Gasteiger partial charge >= 0.3 is 5.97 Å². The van der Waals surface area contributed by atoms with E-state index in [-0.39, 0.29) is 33.8 Å². The Kier molecular flexibility index (Phi) is 8.71. The quantitative estimate of drug-likeness (QED) is 0.0856. The number of aliphatic hydroxyl groups excluding tert-OH is 3. The molecule has 1 fully saturated rings. The first-order valence-electron chi connectivity index (χ1n) is 13.0. The number of esters is 1. The lowest BCUT2D eigenvalue weighted by molar-refractivity contribution is -0.342. The van der Waals surface area contributed by atoms with Crippen LogP contribution in [0.4, 0.5) is 0 Å². The van der Waals surface area contributed by atoms with Crippen LogP contribution in [0.5, 0.6) is 28.7 Å². The van der Waals surface area contributed by atoms with Gasteiger partial charge in [0.05, 0.1) is 0 Å². The highest BCUT2D eigenvalue weighted by molar-refractivity contribution is 5.88. The van der Waals surface area contributed by atoms with Crippen molar-refractivity contribution in [2.24, 2.45) is 0 Å². The highest BCUT2D eigenvalue weighted by atomic mass is 16.8. The molecule has 0 spiro atoms. The molecule has 1 saturated heterocycles. The molecule has 0 amide bonds. The fraction of sp³-hybridized carbons (Fsp3) is 0.200. The number of ether oxygens (including phenoxy) is 4. The number of hydrogen-bond acceptors (Lipinski definition) is 14. The Balaban J connectivity index is 1.37. The summed E-state index contributed by atoms with van der Waals surface area (Å²) in [6.07, 6.45) is -6.78. The largest absolute Gasteiger partial charge is 0.508 e. The van der Waals surface area contributed by atoms with E-state index in [1.165, 1.54) is 42.5 Å². The van der Waals surface area contributed by atoms with Crippen molar-refractivity contribution >= 4 is 23.0 Å². The smallest absolute Gasteiger partial charge is 0.332 e. The molecule has 230 valence electrons. The number of phenols is 4. The van der Waals surface area contributed by atoms with Crippen LogP contribution in [0.15, 0.2) is 76.0 Å². The first-order chi connectivity index (χ1) is 21.0. The van der Waals surface area contributed by atoms with Crippen LogP contribution in [0.3, 0.4) is 0 Å². The highest BCUT2D eigenvalue weighted by Crippen LogP contribution is 2.37. The summed E-state index contributed by atoms with van der Waals surface area (Å²) in [5, 5.41) is 70.4. The number of fused-ring (bicyclic) bond motifs is 1. The molecule has 1 aromatic heterocycles. The summed E-state index contributed by atoms with van der Waals surface area (Å²) >= 11 is 0. The van der Waals surface area contributed by atoms with Crippen LogP contribution < -0.4 is 10.2 Å². The molecule has 7 N–H and O–H groups in total. The normalized spacial score (nSPS) is 21.8. The summed E-state index contributed by atoms with van der Waals surface area (Å²) in [6.45, 7) is -0.760. The van der Waals surface area contributed by atoms with Gasteiger partial charge in [-0.3, -0.25) is 4.79 Å². The summed E-state index contributed by atoms with van der Waals surface area (Å²) in [7, 11) is 0. The van der Waals surface area contributed by atoms with Crippen molar-refractivity contribution in [1.82, 2.24) is 0 Å². The van der Waals surface area contributed by atoms with Crippen molar-refractivity contribution in [3.8, 4) is 40.1 Å².